The maximum absolute atomic E-state index is 13.9. The van der Waals surface area contributed by atoms with E-state index in [-0.39, 0.29) is 18.2 Å². The summed E-state index contributed by atoms with van der Waals surface area (Å²) in [6.07, 6.45) is 7.31. The van der Waals surface area contributed by atoms with Gasteiger partial charge in [0.2, 0.25) is 0 Å². The van der Waals surface area contributed by atoms with Crippen LogP contribution >= 0.6 is 11.6 Å². The van der Waals surface area contributed by atoms with Crippen molar-refractivity contribution >= 4 is 23.2 Å². The van der Waals surface area contributed by atoms with Crippen molar-refractivity contribution in [3.05, 3.63) is 71.0 Å². The van der Waals surface area contributed by atoms with Crippen molar-refractivity contribution < 1.29 is 8.78 Å². The zero-order chi connectivity index (χ0) is 21.8. The maximum Gasteiger partial charge on any atom is 0.128 e. The molecule has 0 radical (unpaired) electrons. The number of nitrogens with two attached hydrogens (primary N) is 1. The SMILES string of the molecule is N[C@H]1CC[C@H](Nc2cc(-c3ccnc(NCc4cc(F)ccc4F)c3)c(Cl)cn2)CC1. The fourth-order valence-electron chi connectivity index (χ4n) is 3.77. The van der Waals surface area contributed by atoms with Gasteiger partial charge in [0, 0.05) is 42.1 Å². The van der Waals surface area contributed by atoms with Gasteiger partial charge >= 0.3 is 0 Å². The topological polar surface area (TPSA) is 75.9 Å². The third kappa shape index (κ3) is 5.48. The third-order valence-electron chi connectivity index (χ3n) is 5.52. The summed E-state index contributed by atoms with van der Waals surface area (Å²) in [5, 5.41) is 7.04. The van der Waals surface area contributed by atoms with E-state index in [2.05, 4.69) is 20.6 Å². The smallest absolute Gasteiger partial charge is 0.128 e. The van der Waals surface area contributed by atoms with Gasteiger partial charge in [-0.15, -0.1) is 0 Å². The zero-order valence-corrected chi connectivity index (χ0v) is 17.7. The van der Waals surface area contributed by atoms with Gasteiger partial charge in [-0.25, -0.2) is 18.7 Å². The van der Waals surface area contributed by atoms with E-state index in [1.807, 2.05) is 18.2 Å². The molecular weight excluding hydrogens is 420 g/mol. The van der Waals surface area contributed by atoms with Gasteiger partial charge in [-0.3, -0.25) is 0 Å². The Morgan fingerprint density at radius 3 is 2.61 bits per heavy atom. The summed E-state index contributed by atoms with van der Waals surface area (Å²) in [6, 6.07) is 9.59. The molecule has 4 rings (SSSR count). The van der Waals surface area contributed by atoms with Crippen LogP contribution in [0.3, 0.4) is 0 Å². The number of benzene rings is 1. The lowest BCUT2D eigenvalue weighted by molar-refractivity contribution is 0.410. The highest BCUT2D eigenvalue weighted by atomic mass is 35.5. The second kappa shape index (κ2) is 9.58. The molecule has 3 aromatic rings. The first kappa shape index (κ1) is 21.5. The first-order valence-corrected chi connectivity index (χ1v) is 10.7. The van der Waals surface area contributed by atoms with Gasteiger partial charge in [-0.2, -0.15) is 0 Å². The largest absolute Gasteiger partial charge is 0.367 e. The predicted molar refractivity (Wildman–Crippen MR) is 120 cm³/mol. The van der Waals surface area contributed by atoms with E-state index < -0.39 is 11.6 Å². The number of nitrogens with one attached hydrogen (secondary N) is 2. The molecule has 0 aliphatic heterocycles. The Labute approximate surface area is 185 Å². The lowest BCUT2D eigenvalue weighted by Crippen LogP contribution is -2.33. The van der Waals surface area contributed by atoms with E-state index in [0.29, 0.717) is 16.9 Å². The third-order valence-corrected chi connectivity index (χ3v) is 5.82. The molecule has 8 heteroatoms. The number of pyridine rings is 2. The van der Waals surface area contributed by atoms with Crippen LogP contribution in [-0.2, 0) is 6.54 Å². The summed E-state index contributed by atoms with van der Waals surface area (Å²) in [5.74, 6) is 0.336. The average molecular weight is 444 g/mol. The van der Waals surface area contributed by atoms with Crippen LogP contribution in [0.4, 0.5) is 20.4 Å². The quantitative estimate of drug-likeness (QED) is 0.477. The van der Waals surface area contributed by atoms with Gasteiger partial charge in [0.15, 0.2) is 0 Å². The Bertz CT molecular complexity index is 1050. The Hall–Kier alpha value is -2.77. The highest BCUT2D eigenvalue weighted by Gasteiger charge is 2.19. The Balaban J connectivity index is 1.49. The van der Waals surface area contributed by atoms with Gasteiger partial charge in [0.05, 0.1) is 5.02 Å². The van der Waals surface area contributed by atoms with E-state index in [4.69, 9.17) is 17.3 Å². The molecule has 162 valence electrons. The molecule has 0 bridgehead atoms. The summed E-state index contributed by atoms with van der Waals surface area (Å²) in [6.45, 7) is 0.112. The van der Waals surface area contributed by atoms with E-state index in [0.717, 1.165) is 54.8 Å². The number of rotatable bonds is 6. The van der Waals surface area contributed by atoms with E-state index in [1.165, 1.54) is 6.07 Å². The van der Waals surface area contributed by atoms with Gasteiger partial charge in [0.1, 0.15) is 23.3 Å². The molecule has 31 heavy (non-hydrogen) atoms. The maximum atomic E-state index is 13.9. The van der Waals surface area contributed by atoms with Crippen LogP contribution < -0.4 is 16.4 Å². The Kier molecular flexibility index (Phi) is 6.63. The molecule has 1 fully saturated rings. The monoisotopic (exact) mass is 443 g/mol. The molecule has 1 saturated carbocycles. The highest BCUT2D eigenvalue weighted by molar-refractivity contribution is 6.33. The molecule has 0 atom stereocenters. The number of aromatic nitrogens is 2. The number of hydrogen-bond acceptors (Lipinski definition) is 5. The van der Waals surface area contributed by atoms with E-state index in [1.54, 1.807) is 12.4 Å². The van der Waals surface area contributed by atoms with Gasteiger partial charge < -0.3 is 16.4 Å². The highest BCUT2D eigenvalue weighted by Crippen LogP contribution is 2.31. The molecule has 4 N–H and O–H groups in total. The van der Waals surface area contributed by atoms with Gasteiger partial charge in [0.25, 0.3) is 0 Å². The Morgan fingerprint density at radius 1 is 1.00 bits per heavy atom. The number of nitrogens with zero attached hydrogens (tertiary/aromatic N) is 2. The first-order valence-electron chi connectivity index (χ1n) is 10.3. The number of halogens is 3. The molecule has 0 unspecified atom stereocenters. The summed E-state index contributed by atoms with van der Waals surface area (Å²) in [7, 11) is 0. The number of hydrogen-bond donors (Lipinski definition) is 3. The van der Waals surface area contributed by atoms with E-state index >= 15 is 0 Å². The minimum absolute atomic E-state index is 0.112. The van der Waals surface area contributed by atoms with Crippen molar-refractivity contribution in [2.24, 2.45) is 5.73 Å². The van der Waals surface area contributed by atoms with Crippen molar-refractivity contribution in [2.75, 3.05) is 10.6 Å². The van der Waals surface area contributed by atoms with Crippen LogP contribution in [0.15, 0.2) is 48.8 Å². The zero-order valence-electron chi connectivity index (χ0n) is 16.9. The fourth-order valence-corrected chi connectivity index (χ4v) is 3.98. The normalized spacial score (nSPS) is 18.6. The van der Waals surface area contributed by atoms with Crippen LogP contribution in [0.5, 0.6) is 0 Å². The first-order chi connectivity index (χ1) is 15.0. The molecule has 5 nitrogen and oxygen atoms in total. The lowest BCUT2D eigenvalue weighted by Gasteiger charge is -2.27. The molecule has 0 saturated heterocycles. The van der Waals surface area contributed by atoms with Crippen LogP contribution in [0.2, 0.25) is 5.02 Å². The van der Waals surface area contributed by atoms with Crippen molar-refractivity contribution in [2.45, 2.75) is 44.3 Å². The van der Waals surface area contributed by atoms with Crippen LogP contribution in [0.25, 0.3) is 11.1 Å². The summed E-state index contributed by atoms with van der Waals surface area (Å²) >= 11 is 6.42. The second-order valence-electron chi connectivity index (χ2n) is 7.82. The minimum atomic E-state index is -0.483. The Morgan fingerprint density at radius 2 is 1.81 bits per heavy atom. The van der Waals surface area contributed by atoms with E-state index in [9.17, 15) is 8.78 Å². The molecule has 1 aliphatic carbocycles. The summed E-state index contributed by atoms with van der Waals surface area (Å²) in [5.41, 5.74) is 7.88. The van der Waals surface area contributed by atoms with Crippen molar-refractivity contribution in [1.29, 1.82) is 0 Å². The summed E-state index contributed by atoms with van der Waals surface area (Å²) < 4.78 is 27.2. The van der Waals surface area contributed by atoms with Crippen molar-refractivity contribution in [3.63, 3.8) is 0 Å². The lowest BCUT2D eigenvalue weighted by atomic mass is 9.92. The molecule has 0 amide bonds. The predicted octanol–water partition coefficient (Wildman–Crippen LogP) is 5.37. The molecule has 0 spiro atoms. The van der Waals surface area contributed by atoms with Gasteiger partial charge in [-0.05, 0) is 67.6 Å². The fraction of sp³-hybridized carbons (Fsp3) is 0.304. The van der Waals surface area contributed by atoms with Crippen molar-refractivity contribution in [1.82, 2.24) is 9.97 Å². The minimum Gasteiger partial charge on any atom is -0.367 e. The molecule has 2 aromatic heterocycles. The average Bonchev–Trinajstić information content (AvgIpc) is 2.77. The molecular formula is C23H24ClF2N5. The molecule has 1 aromatic carbocycles. The standard InChI is InChI=1S/C23H24ClF2N5/c24-20-13-30-23(31-18-4-2-17(27)3-5-18)11-19(20)14-7-8-28-22(10-14)29-12-15-9-16(25)1-6-21(15)26/h1,6-11,13,17-18H,2-5,12,27H2,(H,28,29)(H,30,31)/t17-,18-. The van der Waals surface area contributed by atoms with Crippen LogP contribution in [-0.4, -0.2) is 22.1 Å². The summed E-state index contributed by atoms with van der Waals surface area (Å²) in [4.78, 5) is 8.68. The molecule has 1 aliphatic rings. The number of anilines is 2. The van der Waals surface area contributed by atoms with Gasteiger partial charge in [-0.1, -0.05) is 11.6 Å². The van der Waals surface area contributed by atoms with Crippen LogP contribution in [0.1, 0.15) is 31.2 Å². The van der Waals surface area contributed by atoms with Crippen LogP contribution in [0, 0.1) is 11.6 Å². The molecule has 2 heterocycles. The van der Waals surface area contributed by atoms with Crippen molar-refractivity contribution in [3.8, 4) is 11.1 Å². The second-order valence-corrected chi connectivity index (χ2v) is 8.23.